The Bertz CT molecular complexity index is 401. The fourth-order valence-electron chi connectivity index (χ4n) is 1.15. The summed E-state index contributed by atoms with van der Waals surface area (Å²) in [6, 6.07) is 7.20. The zero-order chi connectivity index (χ0) is 12.1. The van der Waals surface area contributed by atoms with E-state index >= 15 is 0 Å². The molecule has 0 heterocycles. The van der Waals surface area contributed by atoms with Crippen LogP contribution in [-0.2, 0) is 9.59 Å². The molecular weight excluding hydrogens is 206 g/mol. The highest BCUT2D eigenvalue weighted by Crippen LogP contribution is 2.12. The number of hydrogen-bond donors (Lipinski definition) is 0. The molecule has 0 aliphatic heterocycles. The third kappa shape index (κ3) is 3.73. The second-order valence-corrected chi connectivity index (χ2v) is 3.67. The van der Waals surface area contributed by atoms with Crippen molar-refractivity contribution in [3.05, 3.63) is 29.8 Å². The van der Waals surface area contributed by atoms with Gasteiger partial charge < -0.3 is 9.64 Å². The van der Waals surface area contributed by atoms with Crippen molar-refractivity contribution in [1.29, 1.82) is 0 Å². The minimum atomic E-state index is -0.441. The molecule has 1 aromatic carbocycles. The molecule has 0 aromatic heterocycles. The number of carbonyl (C=O) groups is 2. The van der Waals surface area contributed by atoms with Crippen molar-refractivity contribution >= 4 is 11.9 Å². The summed E-state index contributed by atoms with van der Waals surface area (Å²) in [5, 5.41) is 0. The monoisotopic (exact) mass is 221 g/mol. The highest BCUT2D eigenvalue weighted by Gasteiger charge is 2.10. The van der Waals surface area contributed by atoms with Gasteiger partial charge in [-0.05, 0) is 24.6 Å². The van der Waals surface area contributed by atoms with Gasteiger partial charge in [-0.2, -0.15) is 0 Å². The summed E-state index contributed by atoms with van der Waals surface area (Å²) in [7, 11) is 1.56. The Morgan fingerprint density at radius 1 is 1.38 bits per heavy atom. The molecule has 0 spiro atoms. The van der Waals surface area contributed by atoms with E-state index in [2.05, 4.69) is 0 Å². The number of hydrogen-bond acceptors (Lipinski definition) is 3. The second kappa shape index (κ2) is 5.30. The molecule has 0 aliphatic carbocycles. The predicted octanol–water partition coefficient (Wildman–Crippen LogP) is 1.38. The van der Waals surface area contributed by atoms with Crippen LogP contribution in [0.5, 0.6) is 5.75 Å². The molecule has 0 saturated carbocycles. The zero-order valence-electron chi connectivity index (χ0n) is 9.69. The van der Waals surface area contributed by atoms with Gasteiger partial charge in [-0.25, -0.2) is 4.79 Å². The van der Waals surface area contributed by atoms with E-state index in [1.807, 2.05) is 19.1 Å². The van der Waals surface area contributed by atoms with Crippen molar-refractivity contribution in [2.75, 3.05) is 13.6 Å². The number of benzene rings is 1. The second-order valence-electron chi connectivity index (χ2n) is 3.67. The smallest absolute Gasteiger partial charge is 0.331 e. The third-order valence-corrected chi connectivity index (χ3v) is 2.13. The number of esters is 1. The largest absolute Gasteiger partial charge is 0.425 e. The molecule has 0 aliphatic rings. The molecule has 1 amide bonds. The van der Waals surface area contributed by atoms with Gasteiger partial charge in [0, 0.05) is 14.0 Å². The van der Waals surface area contributed by atoms with E-state index in [9.17, 15) is 9.59 Å². The van der Waals surface area contributed by atoms with E-state index < -0.39 is 5.97 Å². The van der Waals surface area contributed by atoms with Gasteiger partial charge in [-0.15, -0.1) is 0 Å². The minimum Gasteiger partial charge on any atom is -0.425 e. The molecule has 1 rings (SSSR count). The Morgan fingerprint density at radius 2 is 2.06 bits per heavy atom. The maximum atomic E-state index is 11.4. The van der Waals surface area contributed by atoms with Crippen molar-refractivity contribution < 1.29 is 14.3 Å². The molecule has 16 heavy (non-hydrogen) atoms. The lowest BCUT2D eigenvalue weighted by Gasteiger charge is -2.13. The first kappa shape index (κ1) is 12.2. The van der Waals surface area contributed by atoms with Gasteiger partial charge in [0.25, 0.3) is 0 Å². The van der Waals surface area contributed by atoms with Crippen LogP contribution in [0.25, 0.3) is 0 Å². The maximum Gasteiger partial charge on any atom is 0.331 e. The van der Waals surface area contributed by atoms with Crippen LogP contribution in [0, 0.1) is 6.92 Å². The van der Waals surface area contributed by atoms with Gasteiger partial charge in [0.2, 0.25) is 5.91 Å². The van der Waals surface area contributed by atoms with E-state index in [1.165, 1.54) is 11.8 Å². The summed E-state index contributed by atoms with van der Waals surface area (Å²) in [5.41, 5.74) is 1.02. The Kier molecular flexibility index (Phi) is 4.05. The van der Waals surface area contributed by atoms with E-state index in [0.717, 1.165) is 5.56 Å². The number of nitrogens with zero attached hydrogens (tertiary/aromatic N) is 1. The molecule has 0 unspecified atom stereocenters. The molecular formula is C12H15NO3. The first-order chi connectivity index (χ1) is 7.49. The Labute approximate surface area is 94.8 Å². The lowest BCUT2D eigenvalue weighted by atomic mass is 10.2. The van der Waals surface area contributed by atoms with Crippen LogP contribution in [-0.4, -0.2) is 30.4 Å². The summed E-state index contributed by atoms with van der Waals surface area (Å²) in [6.45, 7) is 3.28. The minimum absolute atomic E-state index is 0.0384. The summed E-state index contributed by atoms with van der Waals surface area (Å²) < 4.78 is 5.08. The Hall–Kier alpha value is -1.84. The fourth-order valence-corrected chi connectivity index (χ4v) is 1.15. The van der Waals surface area contributed by atoms with Crippen LogP contribution >= 0.6 is 0 Å². The normalized spacial score (nSPS) is 9.69. The molecule has 86 valence electrons. The van der Waals surface area contributed by atoms with Crippen molar-refractivity contribution in [2.45, 2.75) is 13.8 Å². The van der Waals surface area contributed by atoms with Gasteiger partial charge in [0.05, 0.1) is 0 Å². The molecule has 4 nitrogen and oxygen atoms in total. The van der Waals surface area contributed by atoms with Crippen molar-refractivity contribution in [1.82, 2.24) is 4.90 Å². The standard InChI is InChI=1S/C12H15NO3/c1-9-5-4-6-11(7-9)16-12(15)8-13(3)10(2)14/h4-7H,8H2,1-3H3. The van der Waals surface area contributed by atoms with Crippen LogP contribution in [0.1, 0.15) is 12.5 Å². The van der Waals surface area contributed by atoms with Gasteiger partial charge in [-0.1, -0.05) is 12.1 Å². The Morgan fingerprint density at radius 3 is 2.62 bits per heavy atom. The van der Waals surface area contributed by atoms with E-state index in [-0.39, 0.29) is 12.5 Å². The van der Waals surface area contributed by atoms with Gasteiger partial charge >= 0.3 is 5.97 Å². The predicted molar refractivity (Wildman–Crippen MR) is 60.1 cm³/mol. The van der Waals surface area contributed by atoms with Crippen LogP contribution in [0.3, 0.4) is 0 Å². The van der Waals surface area contributed by atoms with Crippen molar-refractivity contribution in [3.8, 4) is 5.75 Å². The molecule has 0 saturated heterocycles. The molecule has 0 atom stereocenters. The van der Waals surface area contributed by atoms with Crippen LogP contribution in [0.15, 0.2) is 24.3 Å². The van der Waals surface area contributed by atoms with Crippen LogP contribution in [0.2, 0.25) is 0 Å². The van der Waals surface area contributed by atoms with Gasteiger partial charge in [0.15, 0.2) is 0 Å². The van der Waals surface area contributed by atoms with Crippen LogP contribution < -0.4 is 4.74 Å². The number of likely N-dealkylation sites (N-methyl/N-ethyl adjacent to an activating group) is 1. The quantitative estimate of drug-likeness (QED) is 0.572. The molecule has 4 heteroatoms. The molecule has 0 N–H and O–H groups in total. The Balaban J connectivity index is 2.55. The number of amides is 1. The van der Waals surface area contributed by atoms with Crippen molar-refractivity contribution in [3.63, 3.8) is 0 Å². The summed E-state index contributed by atoms with van der Waals surface area (Å²) in [4.78, 5) is 23.6. The lowest BCUT2D eigenvalue weighted by Crippen LogP contribution is -2.32. The maximum absolute atomic E-state index is 11.4. The lowest BCUT2D eigenvalue weighted by molar-refractivity contribution is -0.140. The van der Waals surface area contributed by atoms with E-state index in [4.69, 9.17) is 4.74 Å². The molecule has 0 fully saturated rings. The van der Waals surface area contributed by atoms with E-state index in [1.54, 1.807) is 19.2 Å². The highest BCUT2D eigenvalue weighted by molar-refractivity contribution is 5.81. The molecule has 1 aromatic rings. The number of carbonyl (C=O) groups excluding carboxylic acids is 2. The van der Waals surface area contributed by atoms with Crippen LogP contribution in [0.4, 0.5) is 0 Å². The summed E-state index contributed by atoms with van der Waals surface area (Å²) in [6.07, 6.45) is 0. The van der Waals surface area contributed by atoms with Gasteiger partial charge in [-0.3, -0.25) is 4.79 Å². The van der Waals surface area contributed by atoms with Crippen molar-refractivity contribution in [2.24, 2.45) is 0 Å². The first-order valence-electron chi connectivity index (χ1n) is 4.98. The topological polar surface area (TPSA) is 46.6 Å². The number of rotatable bonds is 3. The average Bonchev–Trinajstić information content (AvgIpc) is 2.16. The third-order valence-electron chi connectivity index (χ3n) is 2.13. The van der Waals surface area contributed by atoms with Gasteiger partial charge in [0.1, 0.15) is 12.3 Å². The highest BCUT2D eigenvalue weighted by atomic mass is 16.5. The summed E-state index contributed by atoms with van der Waals surface area (Å²) >= 11 is 0. The number of aryl methyl sites for hydroxylation is 1. The zero-order valence-corrected chi connectivity index (χ0v) is 9.69. The molecule has 0 radical (unpaired) electrons. The average molecular weight is 221 g/mol. The fraction of sp³-hybridized carbons (Fsp3) is 0.333. The SMILES string of the molecule is CC(=O)N(C)CC(=O)Oc1cccc(C)c1. The summed E-state index contributed by atoms with van der Waals surface area (Å²) in [5.74, 6) is -0.105. The molecule has 0 bridgehead atoms. The number of ether oxygens (including phenoxy) is 1. The van der Waals surface area contributed by atoms with E-state index in [0.29, 0.717) is 5.75 Å². The first-order valence-corrected chi connectivity index (χ1v) is 4.98.